The number of hydrogen-bond donors (Lipinski definition) is 0. The van der Waals surface area contributed by atoms with Gasteiger partial charge in [0.25, 0.3) is 0 Å². The van der Waals surface area contributed by atoms with Crippen molar-refractivity contribution in [3.63, 3.8) is 0 Å². The average Bonchev–Trinajstić information content (AvgIpc) is 2.53. The van der Waals surface area contributed by atoms with E-state index in [1.807, 2.05) is 0 Å². The van der Waals surface area contributed by atoms with Crippen LogP contribution in [-0.4, -0.2) is 19.1 Å². The van der Waals surface area contributed by atoms with Crippen LogP contribution < -0.4 is 0 Å². The number of nitrogens with zero attached hydrogens (tertiary/aromatic N) is 1. The van der Waals surface area contributed by atoms with Crippen molar-refractivity contribution in [1.82, 2.24) is 0 Å². The first-order valence-electron chi connectivity index (χ1n) is 6.73. The van der Waals surface area contributed by atoms with Gasteiger partial charge in [-0.15, -0.1) is 0 Å². The standard InChI is InChI=1S/C17H15F2NO2/c1-22-20-17(14-4-2-3-12(9-14)11-21)8-6-13-5-7-15(18)10-16(13)19/h2-5,7,9-11H,6,8H2,1H3/b20-17+. The van der Waals surface area contributed by atoms with Crippen molar-refractivity contribution in [3.05, 3.63) is 70.8 Å². The van der Waals surface area contributed by atoms with E-state index in [1.165, 1.54) is 19.2 Å². The molecule has 0 fully saturated rings. The second-order valence-electron chi connectivity index (χ2n) is 4.70. The SMILES string of the molecule is CO/N=C(\CCc1ccc(F)cc1F)c1cccc(C=O)c1. The van der Waals surface area contributed by atoms with Crippen LogP contribution in [0.2, 0.25) is 0 Å². The molecular weight excluding hydrogens is 288 g/mol. The minimum Gasteiger partial charge on any atom is -0.399 e. The van der Waals surface area contributed by atoms with Crippen LogP contribution in [0.5, 0.6) is 0 Å². The molecule has 0 unspecified atom stereocenters. The summed E-state index contributed by atoms with van der Waals surface area (Å²) < 4.78 is 26.5. The lowest BCUT2D eigenvalue weighted by atomic mass is 10.0. The Balaban J connectivity index is 2.19. The molecule has 2 rings (SSSR count). The number of carbonyl (C=O) groups excluding carboxylic acids is 1. The third kappa shape index (κ3) is 3.97. The number of aldehydes is 1. The first-order valence-corrected chi connectivity index (χ1v) is 6.73. The van der Waals surface area contributed by atoms with E-state index in [2.05, 4.69) is 5.16 Å². The van der Waals surface area contributed by atoms with Gasteiger partial charge in [0.05, 0.1) is 5.71 Å². The molecule has 0 aromatic heterocycles. The molecule has 0 atom stereocenters. The summed E-state index contributed by atoms with van der Waals surface area (Å²) in [6.07, 6.45) is 1.49. The molecule has 0 amide bonds. The van der Waals surface area contributed by atoms with Crippen LogP contribution >= 0.6 is 0 Å². The van der Waals surface area contributed by atoms with Crippen molar-refractivity contribution in [2.75, 3.05) is 7.11 Å². The minimum absolute atomic E-state index is 0.347. The Morgan fingerprint density at radius 2 is 2.05 bits per heavy atom. The van der Waals surface area contributed by atoms with Gasteiger partial charge in [-0.05, 0) is 30.5 Å². The summed E-state index contributed by atoms with van der Waals surface area (Å²) >= 11 is 0. The summed E-state index contributed by atoms with van der Waals surface area (Å²) in [6, 6.07) is 10.4. The number of halogens is 2. The fraction of sp³-hybridized carbons (Fsp3) is 0.176. The summed E-state index contributed by atoms with van der Waals surface area (Å²) in [4.78, 5) is 15.7. The molecule has 0 aliphatic heterocycles. The Bertz CT molecular complexity index is 699. The van der Waals surface area contributed by atoms with Gasteiger partial charge in [0, 0.05) is 17.2 Å². The van der Waals surface area contributed by atoms with Gasteiger partial charge in [-0.25, -0.2) is 8.78 Å². The number of aryl methyl sites for hydroxylation is 1. The monoisotopic (exact) mass is 303 g/mol. The Morgan fingerprint density at radius 1 is 1.23 bits per heavy atom. The molecule has 0 saturated heterocycles. The molecule has 0 N–H and O–H groups in total. The predicted molar refractivity (Wildman–Crippen MR) is 80.1 cm³/mol. The molecule has 3 nitrogen and oxygen atoms in total. The molecule has 0 heterocycles. The van der Waals surface area contributed by atoms with Crippen LogP contribution in [0.25, 0.3) is 0 Å². The van der Waals surface area contributed by atoms with Gasteiger partial charge < -0.3 is 4.84 Å². The van der Waals surface area contributed by atoms with E-state index in [-0.39, 0.29) is 0 Å². The number of carbonyl (C=O) groups is 1. The maximum absolute atomic E-state index is 13.7. The Labute approximate surface area is 127 Å². The van der Waals surface area contributed by atoms with Gasteiger partial charge in [-0.2, -0.15) is 0 Å². The Hall–Kier alpha value is -2.56. The molecule has 0 spiro atoms. The van der Waals surface area contributed by atoms with Crippen LogP contribution in [-0.2, 0) is 11.3 Å². The van der Waals surface area contributed by atoms with Gasteiger partial charge in [0.1, 0.15) is 25.0 Å². The van der Waals surface area contributed by atoms with Crippen LogP contribution in [0, 0.1) is 11.6 Å². The van der Waals surface area contributed by atoms with E-state index in [9.17, 15) is 13.6 Å². The highest BCUT2D eigenvalue weighted by Crippen LogP contribution is 2.15. The van der Waals surface area contributed by atoms with E-state index in [0.29, 0.717) is 29.7 Å². The summed E-state index contributed by atoms with van der Waals surface area (Å²) in [5.41, 5.74) is 2.25. The van der Waals surface area contributed by atoms with Crippen molar-refractivity contribution in [2.24, 2.45) is 5.16 Å². The fourth-order valence-corrected chi connectivity index (χ4v) is 2.12. The highest BCUT2D eigenvalue weighted by atomic mass is 19.1. The second kappa shape index (κ2) is 7.45. The zero-order valence-electron chi connectivity index (χ0n) is 12.1. The first kappa shape index (κ1) is 15.8. The van der Waals surface area contributed by atoms with E-state index in [0.717, 1.165) is 17.9 Å². The van der Waals surface area contributed by atoms with Gasteiger partial charge in [-0.3, -0.25) is 4.79 Å². The summed E-state index contributed by atoms with van der Waals surface area (Å²) in [5.74, 6) is -1.19. The predicted octanol–water partition coefficient (Wildman–Crippen LogP) is 3.76. The van der Waals surface area contributed by atoms with Crippen molar-refractivity contribution >= 4 is 12.0 Å². The van der Waals surface area contributed by atoms with Gasteiger partial charge in [-0.1, -0.05) is 29.4 Å². The van der Waals surface area contributed by atoms with Crippen LogP contribution in [0.15, 0.2) is 47.6 Å². The highest BCUT2D eigenvalue weighted by Gasteiger charge is 2.09. The van der Waals surface area contributed by atoms with E-state index in [4.69, 9.17) is 4.84 Å². The molecule has 5 heteroatoms. The summed E-state index contributed by atoms with van der Waals surface area (Å²) in [7, 11) is 1.42. The molecule has 2 aromatic rings. The lowest BCUT2D eigenvalue weighted by Crippen LogP contribution is -2.05. The lowest BCUT2D eigenvalue weighted by Gasteiger charge is -2.08. The maximum Gasteiger partial charge on any atom is 0.150 e. The summed E-state index contributed by atoms with van der Waals surface area (Å²) in [6.45, 7) is 0. The molecule has 0 bridgehead atoms. The normalized spacial score (nSPS) is 11.3. The third-order valence-electron chi connectivity index (χ3n) is 3.20. The largest absolute Gasteiger partial charge is 0.399 e. The zero-order valence-corrected chi connectivity index (χ0v) is 12.1. The van der Waals surface area contributed by atoms with Crippen molar-refractivity contribution < 1.29 is 18.4 Å². The fourth-order valence-electron chi connectivity index (χ4n) is 2.12. The van der Waals surface area contributed by atoms with E-state index in [1.54, 1.807) is 24.3 Å². The summed E-state index contributed by atoms with van der Waals surface area (Å²) in [5, 5.41) is 3.94. The number of rotatable bonds is 6. The van der Waals surface area contributed by atoms with Gasteiger partial charge >= 0.3 is 0 Å². The van der Waals surface area contributed by atoms with Crippen LogP contribution in [0.1, 0.15) is 27.9 Å². The molecule has 0 aliphatic carbocycles. The third-order valence-corrected chi connectivity index (χ3v) is 3.20. The maximum atomic E-state index is 13.7. The molecule has 2 aromatic carbocycles. The van der Waals surface area contributed by atoms with E-state index < -0.39 is 11.6 Å². The molecule has 114 valence electrons. The van der Waals surface area contributed by atoms with Crippen molar-refractivity contribution in [3.8, 4) is 0 Å². The van der Waals surface area contributed by atoms with Gasteiger partial charge in [0.15, 0.2) is 0 Å². The molecular formula is C17H15F2NO2. The highest BCUT2D eigenvalue weighted by molar-refractivity contribution is 6.01. The minimum atomic E-state index is -0.606. The lowest BCUT2D eigenvalue weighted by molar-refractivity contribution is 0.112. The van der Waals surface area contributed by atoms with Crippen molar-refractivity contribution in [2.45, 2.75) is 12.8 Å². The molecule has 0 saturated carbocycles. The first-order chi connectivity index (χ1) is 10.6. The smallest absolute Gasteiger partial charge is 0.150 e. The topological polar surface area (TPSA) is 38.7 Å². The Morgan fingerprint density at radius 3 is 2.73 bits per heavy atom. The zero-order chi connectivity index (χ0) is 15.9. The van der Waals surface area contributed by atoms with Crippen LogP contribution in [0.3, 0.4) is 0 Å². The Kier molecular flexibility index (Phi) is 5.36. The second-order valence-corrected chi connectivity index (χ2v) is 4.70. The number of benzene rings is 2. The van der Waals surface area contributed by atoms with Gasteiger partial charge in [0.2, 0.25) is 0 Å². The van der Waals surface area contributed by atoms with Crippen molar-refractivity contribution in [1.29, 1.82) is 0 Å². The molecule has 0 aliphatic rings. The number of oxime groups is 1. The average molecular weight is 303 g/mol. The molecule has 0 radical (unpaired) electrons. The van der Waals surface area contributed by atoms with E-state index >= 15 is 0 Å². The number of hydrogen-bond acceptors (Lipinski definition) is 3. The molecule has 22 heavy (non-hydrogen) atoms. The quantitative estimate of drug-likeness (QED) is 0.463. The van der Waals surface area contributed by atoms with Crippen LogP contribution in [0.4, 0.5) is 8.78 Å².